The Labute approximate surface area is 163 Å². The third-order valence-corrected chi connectivity index (χ3v) is 4.39. The summed E-state index contributed by atoms with van der Waals surface area (Å²) in [6, 6.07) is 25.2. The Kier molecular flexibility index (Phi) is 4.97. The number of ether oxygens (including phenoxy) is 1. The fourth-order valence-electron chi connectivity index (χ4n) is 3.05. The van der Waals surface area contributed by atoms with Crippen molar-refractivity contribution in [3.8, 4) is 11.3 Å². The van der Waals surface area contributed by atoms with E-state index in [2.05, 4.69) is 15.5 Å². The summed E-state index contributed by atoms with van der Waals surface area (Å²) in [7, 11) is 0. The second-order valence-corrected chi connectivity index (χ2v) is 6.23. The number of hydrogen-bond donors (Lipinski definition) is 1. The van der Waals surface area contributed by atoms with Crippen LogP contribution in [-0.4, -0.2) is 22.8 Å². The van der Waals surface area contributed by atoms with E-state index < -0.39 is 0 Å². The van der Waals surface area contributed by atoms with Crippen LogP contribution in [0.1, 0.15) is 17.3 Å². The molecule has 0 atom stereocenters. The maximum absolute atomic E-state index is 11.8. The van der Waals surface area contributed by atoms with Crippen LogP contribution in [0.4, 0.5) is 11.5 Å². The quantitative estimate of drug-likeness (QED) is 0.489. The van der Waals surface area contributed by atoms with E-state index in [1.807, 2.05) is 66.7 Å². The molecular formula is C23H19N3O2. The summed E-state index contributed by atoms with van der Waals surface area (Å²) in [5, 5.41) is 14.2. The highest BCUT2D eigenvalue weighted by Gasteiger charge is 2.11. The molecular weight excluding hydrogens is 350 g/mol. The first-order valence-corrected chi connectivity index (χ1v) is 9.11. The van der Waals surface area contributed by atoms with Crippen LogP contribution < -0.4 is 5.32 Å². The fourth-order valence-corrected chi connectivity index (χ4v) is 3.05. The number of nitrogens with zero attached hydrogens (tertiary/aromatic N) is 2. The van der Waals surface area contributed by atoms with Crippen LogP contribution >= 0.6 is 0 Å². The number of anilines is 2. The zero-order chi connectivity index (χ0) is 19.3. The van der Waals surface area contributed by atoms with Crippen molar-refractivity contribution < 1.29 is 9.53 Å². The van der Waals surface area contributed by atoms with Crippen LogP contribution in [0.5, 0.6) is 0 Å². The Morgan fingerprint density at radius 1 is 0.857 bits per heavy atom. The molecule has 0 aliphatic heterocycles. The molecule has 5 heteroatoms. The van der Waals surface area contributed by atoms with E-state index in [0.29, 0.717) is 18.0 Å². The van der Waals surface area contributed by atoms with Gasteiger partial charge in [0.2, 0.25) is 0 Å². The minimum absolute atomic E-state index is 0.327. The molecule has 1 heterocycles. The number of hydrogen-bond acceptors (Lipinski definition) is 5. The van der Waals surface area contributed by atoms with Gasteiger partial charge in [0.25, 0.3) is 0 Å². The lowest BCUT2D eigenvalue weighted by atomic mass is 10.0. The average Bonchev–Trinajstić information content (AvgIpc) is 2.75. The van der Waals surface area contributed by atoms with Gasteiger partial charge in [-0.25, -0.2) is 4.79 Å². The van der Waals surface area contributed by atoms with Crippen molar-refractivity contribution in [3.05, 3.63) is 84.4 Å². The molecule has 138 valence electrons. The molecule has 0 unspecified atom stereocenters. The number of carbonyl (C=O) groups excluding carboxylic acids is 1. The molecule has 0 aliphatic rings. The SMILES string of the molecule is CCOC(=O)c1ccc(Nc2nnc(-c3ccccc3)c3ccccc23)cc1. The monoisotopic (exact) mass is 369 g/mol. The van der Waals surface area contributed by atoms with Gasteiger partial charge < -0.3 is 10.1 Å². The van der Waals surface area contributed by atoms with Crippen LogP contribution in [0, 0.1) is 0 Å². The number of rotatable bonds is 5. The van der Waals surface area contributed by atoms with E-state index in [0.717, 1.165) is 27.7 Å². The molecule has 4 rings (SSSR count). The topological polar surface area (TPSA) is 64.1 Å². The number of benzene rings is 3. The number of nitrogens with one attached hydrogen (secondary N) is 1. The van der Waals surface area contributed by atoms with Crippen molar-refractivity contribution in [1.82, 2.24) is 10.2 Å². The van der Waals surface area contributed by atoms with Crippen molar-refractivity contribution in [3.63, 3.8) is 0 Å². The Morgan fingerprint density at radius 3 is 2.25 bits per heavy atom. The Balaban J connectivity index is 1.68. The largest absolute Gasteiger partial charge is 0.462 e. The fraction of sp³-hybridized carbons (Fsp3) is 0.0870. The number of fused-ring (bicyclic) bond motifs is 1. The molecule has 0 fully saturated rings. The van der Waals surface area contributed by atoms with Gasteiger partial charge in [-0.15, -0.1) is 10.2 Å². The van der Waals surface area contributed by atoms with Crippen molar-refractivity contribution in [2.45, 2.75) is 6.92 Å². The van der Waals surface area contributed by atoms with Gasteiger partial charge in [-0.2, -0.15) is 0 Å². The second kappa shape index (κ2) is 7.88. The minimum atomic E-state index is -0.327. The van der Waals surface area contributed by atoms with Gasteiger partial charge in [0.15, 0.2) is 5.82 Å². The van der Waals surface area contributed by atoms with Crippen LogP contribution in [0.25, 0.3) is 22.0 Å². The summed E-state index contributed by atoms with van der Waals surface area (Å²) in [5.41, 5.74) is 3.21. The summed E-state index contributed by atoms with van der Waals surface area (Å²) >= 11 is 0. The van der Waals surface area contributed by atoms with Crippen molar-refractivity contribution in [2.24, 2.45) is 0 Å². The summed E-state index contributed by atoms with van der Waals surface area (Å²) in [6.07, 6.45) is 0. The lowest BCUT2D eigenvalue weighted by molar-refractivity contribution is 0.0526. The highest BCUT2D eigenvalue weighted by molar-refractivity contribution is 6.00. The summed E-state index contributed by atoms with van der Waals surface area (Å²) in [6.45, 7) is 2.14. The summed E-state index contributed by atoms with van der Waals surface area (Å²) in [4.78, 5) is 11.8. The van der Waals surface area contributed by atoms with Gasteiger partial charge in [0.1, 0.15) is 5.69 Å². The molecule has 3 aromatic carbocycles. The van der Waals surface area contributed by atoms with E-state index in [4.69, 9.17) is 4.74 Å². The third-order valence-electron chi connectivity index (χ3n) is 4.39. The Hall–Kier alpha value is -3.73. The van der Waals surface area contributed by atoms with E-state index in [1.165, 1.54) is 0 Å². The molecule has 0 radical (unpaired) electrons. The molecule has 4 aromatic rings. The normalized spacial score (nSPS) is 10.6. The van der Waals surface area contributed by atoms with Crippen molar-refractivity contribution in [2.75, 3.05) is 11.9 Å². The van der Waals surface area contributed by atoms with Crippen molar-refractivity contribution in [1.29, 1.82) is 0 Å². The van der Waals surface area contributed by atoms with Gasteiger partial charge >= 0.3 is 5.97 Å². The molecule has 0 saturated heterocycles. The lowest BCUT2D eigenvalue weighted by Gasteiger charge is -2.11. The molecule has 0 saturated carbocycles. The van der Waals surface area contributed by atoms with E-state index in [-0.39, 0.29) is 5.97 Å². The van der Waals surface area contributed by atoms with Gasteiger partial charge in [0.05, 0.1) is 12.2 Å². The van der Waals surface area contributed by atoms with Crippen LogP contribution in [-0.2, 0) is 4.74 Å². The molecule has 0 bridgehead atoms. The van der Waals surface area contributed by atoms with E-state index >= 15 is 0 Å². The van der Waals surface area contributed by atoms with Crippen molar-refractivity contribution >= 4 is 28.2 Å². The number of carbonyl (C=O) groups is 1. The Bertz CT molecular complexity index is 1110. The first-order valence-electron chi connectivity index (χ1n) is 9.11. The lowest BCUT2D eigenvalue weighted by Crippen LogP contribution is -2.04. The first kappa shape index (κ1) is 17.7. The second-order valence-electron chi connectivity index (χ2n) is 6.23. The van der Waals surface area contributed by atoms with Gasteiger partial charge in [-0.3, -0.25) is 0 Å². The van der Waals surface area contributed by atoms with E-state index in [9.17, 15) is 4.79 Å². The van der Waals surface area contributed by atoms with Gasteiger partial charge in [-0.1, -0.05) is 54.6 Å². The number of aromatic nitrogens is 2. The highest BCUT2D eigenvalue weighted by Crippen LogP contribution is 2.30. The summed E-state index contributed by atoms with van der Waals surface area (Å²) < 4.78 is 5.02. The summed E-state index contributed by atoms with van der Waals surface area (Å²) in [5.74, 6) is 0.339. The molecule has 0 amide bonds. The standard InChI is InChI=1S/C23H19N3O2/c1-2-28-23(27)17-12-14-18(15-13-17)24-22-20-11-7-6-10-19(20)21(25-26-22)16-8-4-3-5-9-16/h3-15H,2H2,1H3,(H,24,26). The predicted molar refractivity (Wildman–Crippen MR) is 111 cm³/mol. The van der Waals surface area contributed by atoms with E-state index in [1.54, 1.807) is 19.1 Å². The minimum Gasteiger partial charge on any atom is -0.462 e. The average molecular weight is 369 g/mol. The zero-order valence-electron chi connectivity index (χ0n) is 15.4. The molecule has 1 N–H and O–H groups in total. The molecule has 0 spiro atoms. The molecule has 5 nitrogen and oxygen atoms in total. The van der Waals surface area contributed by atoms with Crippen LogP contribution in [0.15, 0.2) is 78.9 Å². The van der Waals surface area contributed by atoms with Gasteiger partial charge in [0, 0.05) is 22.0 Å². The molecule has 1 aromatic heterocycles. The maximum Gasteiger partial charge on any atom is 0.338 e. The third kappa shape index (κ3) is 3.55. The number of esters is 1. The van der Waals surface area contributed by atoms with Crippen LogP contribution in [0.2, 0.25) is 0 Å². The highest BCUT2D eigenvalue weighted by atomic mass is 16.5. The van der Waals surface area contributed by atoms with Crippen LogP contribution in [0.3, 0.4) is 0 Å². The zero-order valence-corrected chi connectivity index (χ0v) is 15.4. The van der Waals surface area contributed by atoms with Gasteiger partial charge in [-0.05, 0) is 31.2 Å². The first-order chi connectivity index (χ1) is 13.8. The molecule has 0 aliphatic carbocycles. The molecule has 28 heavy (non-hydrogen) atoms. The smallest absolute Gasteiger partial charge is 0.338 e. The Morgan fingerprint density at radius 2 is 1.54 bits per heavy atom. The predicted octanol–water partition coefficient (Wildman–Crippen LogP) is 5.22. The maximum atomic E-state index is 11.8.